The largest absolute Gasteiger partial charge is 0.507 e. The lowest BCUT2D eigenvalue weighted by Crippen LogP contribution is -2.29. The molecule has 162 valence electrons. The van der Waals surface area contributed by atoms with Crippen LogP contribution in [0, 0.1) is 6.92 Å². The van der Waals surface area contributed by atoms with E-state index in [0.29, 0.717) is 5.75 Å². The third-order valence-corrected chi connectivity index (χ3v) is 5.76. The average molecular weight is 449 g/mol. The molecule has 1 fully saturated rings. The number of methoxy groups -OCH3 is 1. The minimum atomic E-state index is -0.773. The maximum absolute atomic E-state index is 13.2. The summed E-state index contributed by atoms with van der Waals surface area (Å²) in [5.41, 5.74) is 2.73. The molecule has 3 aromatic rings. The van der Waals surface area contributed by atoms with Crippen LogP contribution in [0.3, 0.4) is 0 Å². The molecule has 0 saturated carbocycles. The van der Waals surface area contributed by atoms with Crippen LogP contribution in [0.4, 0.5) is 0 Å². The van der Waals surface area contributed by atoms with Crippen LogP contribution in [0.5, 0.6) is 5.75 Å². The van der Waals surface area contributed by atoms with Gasteiger partial charge in [-0.1, -0.05) is 41.4 Å². The highest BCUT2D eigenvalue weighted by molar-refractivity contribution is 6.47. The number of aryl methyl sites for hydroxylation is 1. The molecule has 1 aromatic heterocycles. The first-order chi connectivity index (χ1) is 15.4. The number of Topliss-reactive ketones (excluding diaryl/α,β-unsaturated/α-hetero) is 1. The van der Waals surface area contributed by atoms with Gasteiger partial charge in [-0.3, -0.25) is 14.6 Å². The second-order valence-electron chi connectivity index (χ2n) is 7.54. The van der Waals surface area contributed by atoms with Crippen molar-refractivity contribution in [2.75, 3.05) is 7.11 Å². The van der Waals surface area contributed by atoms with Gasteiger partial charge in [-0.05, 0) is 48.4 Å². The third kappa shape index (κ3) is 3.97. The van der Waals surface area contributed by atoms with Crippen LogP contribution in [0.1, 0.15) is 28.3 Å². The van der Waals surface area contributed by atoms with E-state index in [1.807, 2.05) is 31.2 Å². The fourth-order valence-electron chi connectivity index (χ4n) is 3.87. The number of ether oxygens (including phenoxy) is 1. The zero-order valence-electron chi connectivity index (χ0n) is 17.6. The molecule has 0 radical (unpaired) electrons. The number of hydrogen-bond acceptors (Lipinski definition) is 5. The maximum atomic E-state index is 13.2. The number of aromatic nitrogens is 1. The average Bonchev–Trinajstić information content (AvgIpc) is 3.04. The van der Waals surface area contributed by atoms with Crippen molar-refractivity contribution in [2.24, 2.45) is 0 Å². The number of pyridine rings is 1. The number of aliphatic hydroxyl groups excluding tert-OH is 1. The number of halogens is 1. The van der Waals surface area contributed by atoms with Gasteiger partial charge in [0.25, 0.3) is 11.7 Å². The van der Waals surface area contributed by atoms with Gasteiger partial charge in [0.2, 0.25) is 0 Å². The fraction of sp³-hybridized carbons (Fsp3) is 0.160. The van der Waals surface area contributed by atoms with Crippen molar-refractivity contribution in [3.8, 4) is 5.75 Å². The lowest BCUT2D eigenvalue weighted by Gasteiger charge is -2.25. The standard InChI is InChI=1S/C25H21ClN2O4/c1-15-4-3-5-17(12-15)22-21(23(29)19-13-18(32-2)6-7-20(19)26)24(30)25(31)28(22)14-16-8-10-27-11-9-16/h3-13,22,29H,14H2,1-2H3/b23-21+. The Kier molecular flexibility index (Phi) is 5.97. The predicted molar refractivity (Wildman–Crippen MR) is 121 cm³/mol. The SMILES string of the molecule is COc1ccc(Cl)c(/C(O)=C2\C(=O)C(=O)N(Cc3ccncc3)C2c2cccc(C)c2)c1. The number of nitrogens with zero attached hydrogens (tertiary/aromatic N) is 2. The number of rotatable bonds is 5. The number of hydrogen-bond donors (Lipinski definition) is 1. The Hall–Kier alpha value is -3.64. The van der Waals surface area contributed by atoms with Crippen LogP contribution in [0.25, 0.3) is 5.76 Å². The minimum absolute atomic E-state index is 0.00944. The summed E-state index contributed by atoms with van der Waals surface area (Å²) < 4.78 is 5.24. The van der Waals surface area contributed by atoms with Crippen LogP contribution >= 0.6 is 11.6 Å². The van der Waals surface area contributed by atoms with E-state index in [4.69, 9.17) is 16.3 Å². The molecule has 1 unspecified atom stereocenters. The maximum Gasteiger partial charge on any atom is 0.295 e. The van der Waals surface area contributed by atoms with Crippen molar-refractivity contribution >= 4 is 29.1 Å². The molecule has 1 saturated heterocycles. The van der Waals surface area contributed by atoms with Crippen LogP contribution in [-0.4, -0.2) is 33.8 Å². The molecule has 1 aliphatic heterocycles. The summed E-state index contributed by atoms with van der Waals surface area (Å²) in [4.78, 5) is 31.7. The van der Waals surface area contributed by atoms with Gasteiger partial charge in [-0.2, -0.15) is 0 Å². The molecule has 0 spiro atoms. The number of aliphatic hydroxyl groups is 1. The highest BCUT2D eigenvalue weighted by Crippen LogP contribution is 2.42. The van der Waals surface area contributed by atoms with Crippen molar-refractivity contribution in [1.82, 2.24) is 9.88 Å². The molecule has 0 aliphatic carbocycles. The fourth-order valence-corrected chi connectivity index (χ4v) is 4.08. The van der Waals surface area contributed by atoms with Crippen molar-refractivity contribution in [3.05, 3.63) is 99.8 Å². The van der Waals surface area contributed by atoms with Crippen molar-refractivity contribution < 1.29 is 19.4 Å². The third-order valence-electron chi connectivity index (χ3n) is 5.43. The molecule has 1 amide bonds. The van der Waals surface area contributed by atoms with E-state index in [1.54, 1.807) is 42.7 Å². The van der Waals surface area contributed by atoms with Crippen LogP contribution < -0.4 is 4.74 Å². The molecule has 7 heteroatoms. The number of carbonyl (C=O) groups excluding carboxylic acids is 2. The summed E-state index contributed by atoms with van der Waals surface area (Å²) in [6.07, 6.45) is 3.26. The van der Waals surface area contributed by atoms with Crippen LogP contribution in [0.2, 0.25) is 5.02 Å². The van der Waals surface area contributed by atoms with Gasteiger partial charge < -0.3 is 14.7 Å². The molecule has 2 heterocycles. The molecule has 1 atom stereocenters. The second-order valence-corrected chi connectivity index (χ2v) is 7.95. The smallest absolute Gasteiger partial charge is 0.295 e. The first-order valence-corrected chi connectivity index (χ1v) is 10.4. The highest BCUT2D eigenvalue weighted by Gasteiger charge is 2.46. The summed E-state index contributed by atoms with van der Waals surface area (Å²) in [6, 6.07) is 15.1. The quantitative estimate of drug-likeness (QED) is 0.348. The predicted octanol–water partition coefficient (Wildman–Crippen LogP) is 4.67. The molecular weight excluding hydrogens is 428 g/mol. The summed E-state index contributed by atoms with van der Waals surface area (Å²) in [5, 5.41) is 11.5. The van der Waals surface area contributed by atoms with Gasteiger partial charge in [-0.15, -0.1) is 0 Å². The van der Waals surface area contributed by atoms with Crippen LogP contribution in [-0.2, 0) is 16.1 Å². The molecule has 1 N–H and O–H groups in total. The van der Waals surface area contributed by atoms with E-state index in [2.05, 4.69) is 4.98 Å². The zero-order valence-corrected chi connectivity index (χ0v) is 18.3. The molecule has 32 heavy (non-hydrogen) atoms. The minimum Gasteiger partial charge on any atom is -0.507 e. The lowest BCUT2D eigenvalue weighted by molar-refractivity contribution is -0.140. The monoisotopic (exact) mass is 448 g/mol. The molecule has 0 bridgehead atoms. The Morgan fingerprint density at radius 1 is 1.12 bits per heavy atom. The Labute approximate surface area is 190 Å². The molecule has 6 nitrogen and oxygen atoms in total. The number of ketones is 1. The molecule has 2 aromatic carbocycles. The van der Waals surface area contributed by atoms with E-state index in [-0.39, 0.29) is 28.5 Å². The lowest BCUT2D eigenvalue weighted by atomic mass is 9.94. The first-order valence-electron chi connectivity index (χ1n) is 9.98. The van der Waals surface area contributed by atoms with Gasteiger partial charge in [0.1, 0.15) is 11.5 Å². The molecule has 1 aliphatic rings. The summed E-state index contributed by atoms with van der Waals surface area (Å²) in [7, 11) is 1.49. The summed E-state index contributed by atoms with van der Waals surface area (Å²) in [6.45, 7) is 2.12. The summed E-state index contributed by atoms with van der Waals surface area (Å²) in [5.74, 6) is -1.32. The Bertz CT molecular complexity index is 1220. The Morgan fingerprint density at radius 2 is 1.88 bits per heavy atom. The Morgan fingerprint density at radius 3 is 2.56 bits per heavy atom. The van der Waals surface area contributed by atoms with Gasteiger partial charge >= 0.3 is 0 Å². The topological polar surface area (TPSA) is 79.7 Å². The van der Waals surface area contributed by atoms with E-state index in [0.717, 1.165) is 16.7 Å². The van der Waals surface area contributed by atoms with Crippen molar-refractivity contribution in [2.45, 2.75) is 19.5 Å². The van der Waals surface area contributed by atoms with E-state index >= 15 is 0 Å². The second kappa shape index (κ2) is 8.85. The van der Waals surface area contributed by atoms with E-state index < -0.39 is 17.7 Å². The number of likely N-dealkylation sites (tertiary alicyclic amines) is 1. The first kappa shape index (κ1) is 21.6. The summed E-state index contributed by atoms with van der Waals surface area (Å²) >= 11 is 6.33. The van der Waals surface area contributed by atoms with Crippen LogP contribution in [0.15, 0.2) is 72.6 Å². The van der Waals surface area contributed by atoms with E-state index in [9.17, 15) is 14.7 Å². The number of benzene rings is 2. The van der Waals surface area contributed by atoms with Crippen molar-refractivity contribution in [1.29, 1.82) is 0 Å². The molecular formula is C25H21ClN2O4. The van der Waals surface area contributed by atoms with Gasteiger partial charge in [0.15, 0.2) is 0 Å². The van der Waals surface area contributed by atoms with Gasteiger partial charge in [0, 0.05) is 24.5 Å². The Balaban J connectivity index is 1.91. The molecule has 4 rings (SSSR count). The number of amides is 1. The van der Waals surface area contributed by atoms with Crippen molar-refractivity contribution in [3.63, 3.8) is 0 Å². The van der Waals surface area contributed by atoms with Gasteiger partial charge in [0.05, 0.1) is 23.7 Å². The van der Waals surface area contributed by atoms with E-state index in [1.165, 1.54) is 12.0 Å². The number of carbonyl (C=O) groups is 2. The highest BCUT2D eigenvalue weighted by atomic mass is 35.5. The van der Waals surface area contributed by atoms with Gasteiger partial charge in [-0.25, -0.2) is 0 Å². The normalized spacial score (nSPS) is 17.6. The zero-order chi connectivity index (χ0) is 22.8.